The van der Waals surface area contributed by atoms with Gasteiger partial charge in [0.1, 0.15) is 0 Å². The fraction of sp³-hybridized carbons (Fsp3) is 0.917. The second kappa shape index (κ2) is 6.86. The van der Waals surface area contributed by atoms with Gasteiger partial charge in [-0.3, -0.25) is 4.79 Å². The number of rotatable bonds is 5. The predicted octanol–water partition coefficient (Wildman–Crippen LogP) is 0.727. The van der Waals surface area contributed by atoms with Crippen molar-refractivity contribution in [2.24, 2.45) is 11.8 Å². The molecule has 1 N–H and O–H groups in total. The maximum Gasteiger partial charge on any atom is 0.309 e. The van der Waals surface area contributed by atoms with Crippen molar-refractivity contribution < 1.29 is 9.53 Å². The van der Waals surface area contributed by atoms with Gasteiger partial charge in [0.2, 0.25) is 0 Å². The summed E-state index contributed by atoms with van der Waals surface area (Å²) in [5.74, 6) is 0.591. The maximum absolute atomic E-state index is 11.2. The first-order valence-corrected chi connectivity index (χ1v) is 6.10. The Morgan fingerprint density at radius 1 is 1.50 bits per heavy atom. The van der Waals surface area contributed by atoms with Gasteiger partial charge in [0.25, 0.3) is 0 Å². The quantitative estimate of drug-likeness (QED) is 0.704. The Morgan fingerprint density at radius 3 is 2.69 bits per heavy atom. The van der Waals surface area contributed by atoms with Crippen molar-refractivity contribution >= 4 is 5.97 Å². The van der Waals surface area contributed by atoms with Crippen LogP contribution in [0.2, 0.25) is 0 Å². The summed E-state index contributed by atoms with van der Waals surface area (Å²) in [6.45, 7) is 6.03. The van der Waals surface area contributed by atoms with Gasteiger partial charge in [-0.25, -0.2) is 0 Å². The lowest BCUT2D eigenvalue weighted by Gasteiger charge is -2.29. The molecule has 1 rings (SSSR count). The van der Waals surface area contributed by atoms with Crippen LogP contribution in [-0.4, -0.2) is 51.2 Å². The van der Waals surface area contributed by atoms with Gasteiger partial charge in [-0.1, -0.05) is 6.92 Å². The normalized spacial score (nSPS) is 20.7. The van der Waals surface area contributed by atoms with Crippen LogP contribution in [0.5, 0.6) is 0 Å². The highest BCUT2D eigenvalue weighted by Crippen LogP contribution is 2.14. The van der Waals surface area contributed by atoms with Gasteiger partial charge in [0.15, 0.2) is 0 Å². The molecule has 4 nitrogen and oxygen atoms in total. The number of likely N-dealkylation sites (tertiary alicyclic amines) is 1. The van der Waals surface area contributed by atoms with E-state index in [1.807, 2.05) is 6.92 Å². The van der Waals surface area contributed by atoms with Gasteiger partial charge in [-0.15, -0.1) is 0 Å². The molecule has 1 aliphatic heterocycles. The van der Waals surface area contributed by atoms with Crippen LogP contribution in [0.15, 0.2) is 0 Å². The fourth-order valence-corrected chi connectivity index (χ4v) is 2.05. The predicted molar refractivity (Wildman–Crippen MR) is 64.3 cm³/mol. The average Bonchev–Trinajstić information content (AvgIpc) is 2.30. The van der Waals surface area contributed by atoms with E-state index in [0.717, 1.165) is 19.0 Å². The van der Waals surface area contributed by atoms with Crippen molar-refractivity contribution in [1.29, 1.82) is 0 Å². The third-order valence-corrected chi connectivity index (χ3v) is 3.33. The maximum atomic E-state index is 11.2. The molecule has 0 spiro atoms. The first kappa shape index (κ1) is 13.5. The lowest BCUT2D eigenvalue weighted by Crippen LogP contribution is -2.37. The lowest BCUT2D eigenvalue weighted by atomic mass is 9.97. The van der Waals surface area contributed by atoms with E-state index in [1.54, 1.807) is 0 Å². The van der Waals surface area contributed by atoms with E-state index in [9.17, 15) is 4.79 Å². The third kappa shape index (κ3) is 4.49. The molecule has 0 aliphatic carbocycles. The van der Waals surface area contributed by atoms with E-state index in [2.05, 4.69) is 22.0 Å². The smallest absolute Gasteiger partial charge is 0.309 e. The van der Waals surface area contributed by atoms with Crippen LogP contribution in [0.4, 0.5) is 0 Å². The molecule has 16 heavy (non-hydrogen) atoms. The Bertz CT molecular complexity index is 213. The summed E-state index contributed by atoms with van der Waals surface area (Å²) in [7, 11) is 3.61. The minimum Gasteiger partial charge on any atom is -0.469 e. The first-order chi connectivity index (χ1) is 7.63. The summed E-state index contributed by atoms with van der Waals surface area (Å²) >= 11 is 0. The second-order valence-electron chi connectivity index (χ2n) is 4.83. The standard InChI is InChI=1S/C12H24N2O2/c1-10(12(15)16-3)8-13-9-11-4-6-14(2)7-5-11/h10-11,13H,4-9H2,1-3H3. The Labute approximate surface area is 98.3 Å². The van der Waals surface area contributed by atoms with Crippen LogP contribution >= 0.6 is 0 Å². The number of nitrogens with one attached hydrogen (secondary N) is 1. The number of hydrogen-bond acceptors (Lipinski definition) is 4. The van der Waals surface area contributed by atoms with Crippen LogP contribution in [0.25, 0.3) is 0 Å². The van der Waals surface area contributed by atoms with Gasteiger partial charge >= 0.3 is 5.97 Å². The zero-order chi connectivity index (χ0) is 12.0. The minimum atomic E-state index is -0.129. The molecule has 1 unspecified atom stereocenters. The van der Waals surface area contributed by atoms with Crippen LogP contribution in [0, 0.1) is 11.8 Å². The number of ether oxygens (including phenoxy) is 1. The third-order valence-electron chi connectivity index (χ3n) is 3.33. The number of carbonyl (C=O) groups is 1. The number of nitrogens with zero attached hydrogens (tertiary/aromatic N) is 1. The van der Waals surface area contributed by atoms with Crippen LogP contribution in [-0.2, 0) is 9.53 Å². The number of hydrogen-bond donors (Lipinski definition) is 1. The molecule has 1 heterocycles. The lowest BCUT2D eigenvalue weighted by molar-refractivity contribution is -0.144. The summed E-state index contributed by atoms with van der Waals surface area (Å²) < 4.78 is 4.68. The van der Waals surface area contributed by atoms with E-state index in [4.69, 9.17) is 0 Å². The highest BCUT2D eigenvalue weighted by Gasteiger charge is 2.17. The number of piperidine rings is 1. The van der Waals surface area contributed by atoms with Gasteiger partial charge in [0, 0.05) is 6.54 Å². The molecule has 0 bridgehead atoms. The number of esters is 1. The highest BCUT2D eigenvalue weighted by atomic mass is 16.5. The van der Waals surface area contributed by atoms with E-state index in [0.29, 0.717) is 0 Å². The second-order valence-corrected chi connectivity index (χ2v) is 4.83. The first-order valence-electron chi connectivity index (χ1n) is 6.10. The molecule has 0 aromatic rings. The van der Waals surface area contributed by atoms with E-state index < -0.39 is 0 Å². The van der Waals surface area contributed by atoms with Gasteiger partial charge < -0.3 is 15.0 Å². The Hall–Kier alpha value is -0.610. The number of methoxy groups -OCH3 is 1. The van der Waals surface area contributed by atoms with Crippen molar-refractivity contribution in [3.63, 3.8) is 0 Å². The summed E-state index contributed by atoms with van der Waals surface area (Å²) in [5, 5.41) is 3.37. The minimum absolute atomic E-state index is 0.0451. The monoisotopic (exact) mass is 228 g/mol. The Morgan fingerprint density at radius 2 is 2.12 bits per heavy atom. The zero-order valence-corrected chi connectivity index (χ0v) is 10.7. The molecule has 4 heteroatoms. The topological polar surface area (TPSA) is 41.6 Å². The summed E-state index contributed by atoms with van der Waals surface area (Å²) in [5.41, 5.74) is 0. The molecule has 1 atom stereocenters. The van der Waals surface area contributed by atoms with Gasteiger partial charge in [-0.2, -0.15) is 0 Å². The molecule has 94 valence electrons. The molecule has 0 amide bonds. The van der Waals surface area contributed by atoms with E-state index in [1.165, 1.54) is 33.0 Å². The SMILES string of the molecule is COC(=O)C(C)CNCC1CCN(C)CC1. The van der Waals surface area contributed by atoms with Crippen LogP contribution in [0.3, 0.4) is 0 Å². The summed E-state index contributed by atoms with van der Waals surface area (Å²) in [6, 6.07) is 0. The van der Waals surface area contributed by atoms with Crippen molar-refractivity contribution in [1.82, 2.24) is 10.2 Å². The largest absolute Gasteiger partial charge is 0.469 e. The Kier molecular flexibility index (Phi) is 5.77. The summed E-state index contributed by atoms with van der Waals surface area (Å²) in [4.78, 5) is 13.5. The molecule has 0 saturated carbocycles. The zero-order valence-electron chi connectivity index (χ0n) is 10.7. The molecule has 0 aromatic carbocycles. The molecule has 1 saturated heterocycles. The fourth-order valence-electron chi connectivity index (χ4n) is 2.05. The van der Waals surface area contributed by atoms with Gasteiger partial charge in [-0.05, 0) is 45.4 Å². The van der Waals surface area contributed by atoms with Crippen molar-refractivity contribution in [2.45, 2.75) is 19.8 Å². The van der Waals surface area contributed by atoms with E-state index >= 15 is 0 Å². The van der Waals surface area contributed by atoms with Crippen molar-refractivity contribution in [2.75, 3.05) is 40.3 Å². The van der Waals surface area contributed by atoms with Crippen LogP contribution < -0.4 is 5.32 Å². The number of carbonyl (C=O) groups excluding carboxylic acids is 1. The average molecular weight is 228 g/mol. The molecule has 0 radical (unpaired) electrons. The molecule has 1 fully saturated rings. The molecule has 1 aliphatic rings. The van der Waals surface area contributed by atoms with E-state index in [-0.39, 0.29) is 11.9 Å². The van der Waals surface area contributed by atoms with Crippen LogP contribution in [0.1, 0.15) is 19.8 Å². The molecule has 0 aromatic heterocycles. The van der Waals surface area contributed by atoms with Crippen molar-refractivity contribution in [3.05, 3.63) is 0 Å². The Balaban J connectivity index is 2.09. The van der Waals surface area contributed by atoms with Gasteiger partial charge in [0.05, 0.1) is 13.0 Å². The summed E-state index contributed by atoms with van der Waals surface area (Å²) in [6.07, 6.45) is 2.52. The highest BCUT2D eigenvalue weighted by molar-refractivity contribution is 5.71. The van der Waals surface area contributed by atoms with Crippen molar-refractivity contribution in [3.8, 4) is 0 Å². The molecular weight excluding hydrogens is 204 g/mol. The molecular formula is C12H24N2O2.